The van der Waals surface area contributed by atoms with E-state index in [1.165, 1.54) is 4.90 Å². The minimum absolute atomic E-state index is 0.0538. The minimum Gasteiger partial charge on any atom is -0.332 e. The van der Waals surface area contributed by atoms with Crippen molar-refractivity contribution in [3.05, 3.63) is 35.4 Å². The fourth-order valence-electron chi connectivity index (χ4n) is 3.07. The third-order valence-electron chi connectivity index (χ3n) is 4.61. The summed E-state index contributed by atoms with van der Waals surface area (Å²) in [5.74, 6) is 0.696. The molecule has 1 aromatic heterocycles. The number of quaternary nitrogens is 1. The Morgan fingerprint density at radius 1 is 1.23 bits per heavy atom. The van der Waals surface area contributed by atoms with Gasteiger partial charge in [0, 0.05) is 30.6 Å². The number of benzene rings is 1. The zero-order chi connectivity index (χ0) is 18.7. The van der Waals surface area contributed by atoms with Gasteiger partial charge in [0.2, 0.25) is 5.91 Å². The van der Waals surface area contributed by atoms with Crippen LogP contribution in [0.1, 0.15) is 6.92 Å². The second kappa shape index (κ2) is 7.88. The monoisotopic (exact) mass is 376 g/mol. The first-order valence-electron chi connectivity index (χ1n) is 8.61. The van der Waals surface area contributed by atoms with Crippen molar-refractivity contribution in [3.63, 3.8) is 0 Å². The normalized spacial score (nSPS) is 15.1. The molecule has 2 amide bonds. The molecule has 2 aromatic rings. The first-order chi connectivity index (χ1) is 12.4. The van der Waals surface area contributed by atoms with Crippen molar-refractivity contribution in [2.45, 2.75) is 6.92 Å². The molecule has 1 saturated heterocycles. The van der Waals surface area contributed by atoms with Crippen molar-refractivity contribution in [1.82, 2.24) is 14.7 Å². The van der Waals surface area contributed by atoms with E-state index >= 15 is 0 Å². The second-order valence-corrected chi connectivity index (χ2v) is 6.96. The topological polar surface area (TPSA) is 71.7 Å². The summed E-state index contributed by atoms with van der Waals surface area (Å²) in [5, 5.41) is 8.05. The highest BCUT2D eigenvalue weighted by Gasteiger charge is 2.23. The minimum atomic E-state index is -0.0538. The van der Waals surface area contributed by atoms with Gasteiger partial charge in [0.15, 0.2) is 6.54 Å². The number of amides is 2. The number of hydrogen-bond donors (Lipinski definition) is 2. The van der Waals surface area contributed by atoms with Crippen molar-refractivity contribution in [3.8, 4) is 11.3 Å². The Labute approximate surface area is 157 Å². The molecule has 8 heteroatoms. The summed E-state index contributed by atoms with van der Waals surface area (Å²) in [6.07, 6.45) is 0. The van der Waals surface area contributed by atoms with Crippen LogP contribution in [0.4, 0.5) is 5.82 Å². The van der Waals surface area contributed by atoms with Crippen LogP contribution in [0.5, 0.6) is 0 Å². The van der Waals surface area contributed by atoms with E-state index in [1.807, 2.05) is 35.2 Å². The van der Waals surface area contributed by atoms with E-state index in [4.69, 9.17) is 11.6 Å². The second-order valence-electron chi connectivity index (χ2n) is 6.53. The van der Waals surface area contributed by atoms with Gasteiger partial charge in [-0.25, -0.2) is 0 Å². The van der Waals surface area contributed by atoms with Crippen LogP contribution in [0.15, 0.2) is 30.3 Å². The Morgan fingerprint density at radius 2 is 1.88 bits per heavy atom. The van der Waals surface area contributed by atoms with E-state index in [0.717, 1.165) is 24.3 Å². The van der Waals surface area contributed by atoms with E-state index in [0.29, 0.717) is 30.5 Å². The zero-order valence-electron chi connectivity index (χ0n) is 15.0. The van der Waals surface area contributed by atoms with Gasteiger partial charge in [0.05, 0.1) is 31.9 Å². The summed E-state index contributed by atoms with van der Waals surface area (Å²) >= 11 is 5.92. The molecule has 3 rings (SSSR count). The summed E-state index contributed by atoms with van der Waals surface area (Å²) in [5.41, 5.74) is 1.72. The van der Waals surface area contributed by atoms with Crippen LogP contribution in [-0.4, -0.2) is 59.2 Å². The number of carbonyl (C=O) groups is 2. The third-order valence-corrected chi connectivity index (χ3v) is 4.87. The predicted octanol–water partition coefficient (Wildman–Crippen LogP) is 0.426. The van der Waals surface area contributed by atoms with Gasteiger partial charge >= 0.3 is 0 Å². The SMILES string of the molecule is CC(=O)N1CC[NH+](CC(=O)Nc2cc(-c3ccc(Cl)cc3)nn2C)CC1. The Bertz CT molecular complexity index is 794. The van der Waals surface area contributed by atoms with Crippen molar-refractivity contribution >= 4 is 29.2 Å². The Morgan fingerprint density at radius 3 is 2.50 bits per heavy atom. The average Bonchev–Trinajstić information content (AvgIpc) is 2.96. The number of nitrogens with one attached hydrogen (secondary N) is 2. The van der Waals surface area contributed by atoms with E-state index in [1.54, 1.807) is 18.7 Å². The van der Waals surface area contributed by atoms with Gasteiger partial charge in [-0.2, -0.15) is 5.10 Å². The molecule has 1 aliphatic heterocycles. The lowest BCUT2D eigenvalue weighted by molar-refractivity contribution is -0.895. The van der Waals surface area contributed by atoms with Crippen LogP contribution in [0.25, 0.3) is 11.3 Å². The fraction of sp³-hybridized carbons (Fsp3) is 0.389. The lowest BCUT2D eigenvalue weighted by atomic mass is 10.1. The lowest BCUT2D eigenvalue weighted by Crippen LogP contribution is -3.15. The van der Waals surface area contributed by atoms with Gasteiger partial charge in [-0.15, -0.1) is 0 Å². The zero-order valence-corrected chi connectivity index (χ0v) is 15.7. The summed E-state index contributed by atoms with van der Waals surface area (Å²) in [7, 11) is 1.80. The van der Waals surface area contributed by atoms with Crippen molar-refractivity contribution in [2.24, 2.45) is 7.05 Å². The molecule has 1 aromatic carbocycles. The van der Waals surface area contributed by atoms with Crippen LogP contribution in [0.3, 0.4) is 0 Å². The molecule has 138 valence electrons. The standard InChI is InChI=1S/C18H22ClN5O2/c1-13(25)24-9-7-23(8-10-24)12-18(26)20-17-11-16(21-22(17)2)14-3-5-15(19)6-4-14/h3-6,11H,7-10,12H2,1-2H3,(H,20,26)/p+1. The molecule has 1 aliphatic rings. The molecular formula is C18H23ClN5O2+. The first kappa shape index (κ1) is 18.4. The number of aryl methyl sites for hydroxylation is 1. The maximum Gasteiger partial charge on any atom is 0.280 e. The highest BCUT2D eigenvalue weighted by molar-refractivity contribution is 6.30. The maximum atomic E-state index is 12.4. The molecule has 26 heavy (non-hydrogen) atoms. The van der Waals surface area contributed by atoms with E-state index in [9.17, 15) is 9.59 Å². The molecule has 0 bridgehead atoms. The van der Waals surface area contributed by atoms with Crippen LogP contribution < -0.4 is 10.2 Å². The van der Waals surface area contributed by atoms with Gasteiger partial charge in [-0.05, 0) is 12.1 Å². The van der Waals surface area contributed by atoms with Gasteiger partial charge in [-0.1, -0.05) is 23.7 Å². The average molecular weight is 377 g/mol. The molecule has 7 nitrogen and oxygen atoms in total. The third kappa shape index (κ3) is 4.42. The molecule has 0 spiro atoms. The molecule has 0 aliphatic carbocycles. The van der Waals surface area contributed by atoms with E-state index in [2.05, 4.69) is 10.4 Å². The van der Waals surface area contributed by atoms with E-state index in [-0.39, 0.29) is 11.8 Å². The summed E-state index contributed by atoms with van der Waals surface area (Å²) in [6.45, 7) is 4.93. The highest BCUT2D eigenvalue weighted by Crippen LogP contribution is 2.22. The molecule has 0 atom stereocenters. The molecule has 0 radical (unpaired) electrons. The molecule has 2 heterocycles. The quantitative estimate of drug-likeness (QED) is 0.812. The molecule has 0 unspecified atom stereocenters. The first-order valence-corrected chi connectivity index (χ1v) is 8.99. The van der Waals surface area contributed by atoms with Gasteiger partial charge in [-0.3, -0.25) is 14.3 Å². The number of piperazine rings is 1. The number of halogens is 1. The smallest absolute Gasteiger partial charge is 0.280 e. The summed E-state index contributed by atoms with van der Waals surface area (Å²) in [4.78, 5) is 26.7. The Balaban J connectivity index is 1.58. The van der Waals surface area contributed by atoms with Crippen LogP contribution in [-0.2, 0) is 16.6 Å². The van der Waals surface area contributed by atoms with Crippen LogP contribution in [0.2, 0.25) is 5.02 Å². The van der Waals surface area contributed by atoms with Gasteiger partial charge in [0.1, 0.15) is 5.82 Å². The summed E-state index contributed by atoms with van der Waals surface area (Å²) < 4.78 is 1.66. The molecule has 1 fully saturated rings. The number of nitrogens with zero attached hydrogens (tertiary/aromatic N) is 3. The lowest BCUT2D eigenvalue weighted by Gasteiger charge is -2.31. The Hall–Kier alpha value is -2.38. The predicted molar refractivity (Wildman–Crippen MR) is 100 cm³/mol. The molecule has 2 N–H and O–H groups in total. The van der Waals surface area contributed by atoms with Crippen molar-refractivity contribution < 1.29 is 14.5 Å². The summed E-state index contributed by atoms with van der Waals surface area (Å²) in [6, 6.07) is 9.27. The molecule has 0 saturated carbocycles. The largest absolute Gasteiger partial charge is 0.332 e. The molecular weight excluding hydrogens is 354 g/mol. The highest BCUT2D eigenvalue weighted by atomic mass is 35.5. The number of anilines is 1. The van der Waals surface area contributed by atoms with Gasteiger partial charge in [0.25, 0.3) is 5.91 Å². The fourth-order valence-corrected chi connectivity index (χ4v) is 3.20. The van der Waals surface area contributed by atoms with Crippen LogP contribution in [0, 0.1) is 0 Å². The number of carbonyl (C=O) groups excluding carboxylic acids is 2. The van der Waals surface area contributed by atoms with Crippen molar-refractivity contribution in [1.29, 1.82) is 0 Å². The maximum absolute atomic E-state index is 12.4. The number of aromatic nitrogens is 2. The Kier molecular flexibility index (Phi) is 5.58. The number of hydrogen-bond acceptors (Lipinski definition) is 3. The van der Waals surface area contributed by atoms with Crippen LogP contribution >= 0.6 is 11.6 Å². The van der Waals surface area contributed by atoms with Gasteiger partial charge < -0.3 is 15.1 Å². The van der Waals surface area contributed by atoms with Crippen molar-refractivity contribution in [2.75, 3.05) is 38.0 Å². The number of rotatable bonds is 4. The van der Waals surface area contributed by atoms with E-state index < -0.39 is 0 Å².